The zero-order valence-corrected chi connectivity index (χ0v) is 11.2. The van der Waals surface area contributed by atoms with Crippen LogP contribution in [0.25, 0.3) is 21.0 Å². The van der Waals surface area contributed by atoms with Gasteiger partial charge in [0.1, 0.15) is 5.01 Å². The Morgan fingerprint density at radius 2 is 2.00 bits per heavy atom. The Morgan fingerprint density at radius 3 is 2.67 bits per heavy atom. The summed E-state index contributed by atoms with van der Waals surface area (Å²) in [6, 6.07) is 8.35. The molecule has 2 rings (SSSR count). The lowest BCUT2D eigenvalue weighted by Crippen LogP contribution is -1.91. The first-order valence-corrected chi connectivity index (χ1v) is 6.56. The second-order valence-electron chi connectivity index (χ2n) is 4.09. The molecule has 0 atom stereocenters. The Kier molecular flexibility index (Phi) is 3.97. The van der Waals surface area contributed by atoms with Gasteiger partial charge in [-0.3, -0.25) is 0 Å². The predicted molar refractivity (Wildman–Crippen MR) is 74.7 cm³/mol. The lowest BCUT2D eigenvalue weighted by atomic mass is 10.2. The van der Waals surface area contributed by atoms with Crippen LogP contribution in [0.5, 0.6) is 0 Å². The molecule has 0 fully saturated rings. The molecule has 0 aliphatic heterocycles. The van der Waals surface area contributed by atoms with Crippen LogP contribution in [0.4, 0.5) is 0 Å². The van der Waals surface area contributed by atoms with E-state index < -0.39 is 0 Å². The number of hydrogen-bond donors (Lipinski definition) is 0. The van der Waals surface area contributed by atoms with Crippen molar-refractivity contribution in [1.29, 1.82) is 0 Å². The number of azide groups is 1. The van der Waals surface area contributed by atoms with Crippen LogP contribution < -0.4 is 0 Å². The van der Waals surface area contributed by atoms with Crippen molar-refractivity contribution in [3.63, 3.8) is 0 Å². The van der Waals surface area contributed by atoms with Gasteiger partial charge in [-0.1, -0.05) is 34.9 Å². The maximum absolute atomic E-state index is 8.26. The highest BCUT2D eigenvalue weighted by Crippen LogP contribution is 2.28. The first-order chi connectivity index (χ1) is 8.70. The average molecular weight is 258 g/mol. The predicted octanol–water partition coefficient (Wildman–Crippen LogP) is 4.28. The number of hydrogen-bond acceptors (Lipinski definition) is 3. The fourth-order valence-corrected chi connectivity index (χ4v) is 2.65. The highest BCUT2D eigenvalue weighted by molar-refractivity contribution is 7.15. The molecule has 0 aliphatic rings. The van der Waals surface area contributed by atoms with Gasteiger partial charge in [0.05, 0.1) is 5.69 Å². The summed E-state index contributed by atoms with van der Waals surface area (Å²) in [4.78, 5) is 8.57. The van der Waals surface area contributed by atoms with E-state index in [9.17, 15) is 0 Å². The van der Waals surface area contributed by atoms with E-state index in [1.807, 2.05) is 0 Å². The van der Waals surface area contributed by atoms with Gasteiger partial charge in [0, 0.05) is 21.9 Å². The Labute approximate surface area is 110 Å². The molecule has 0 unspecified atom stereocenters. The first-order valence-electron chi connectivity index (χ1n) is 5.75. The second kappa shape index (κ2) is 5.67. The zero-order chi connectivity index (χ0) is 13.0. The van der Waals surface area contributed by atoms with Crippen molar-refractivity contribution in [2.45, 2.75) is 20.3 Å². The summed E-state index contributed by atoms with van der Waals surface area (Å²) < 4.78 is 0. The number of aromatic nitrogens is 1. The maximum Gasteiger partial charge on any atom is 0.123 e. The minimum Gasteiger partial charge on any atom is -0.241 e. The zero-order valence-electron chi connectivity index (χ0n) is 10.4. The fraction of sp³-hybridized carbons (Fsp3) is 0.308. The molecular formula is C13H14N4S. The van der Waals surface area contributed by atoms with Gasteiger partial charge in [-0.15, -0.1) is 11.3 Å². The van der Waals surface area contributed by atoms with Crippen molar-refractivity contribution >= 4 is 11.3 Å². The monoisotopic (exact) mass is 258 g/mol. The Balaban J connectivity index is 2.22. The molecule has 2 aromatic rings. The van der Waals surface area contributed by atoms with Crippen LogP contribution in [0.1, 0.15) is 16.1 Å². The van der Waals surface area contributed by atoms with Gasteiger partial charge in [-0.2, -0.15) is 0 Å². The van der Waals surface area contributed by atoms with Gasteiger partial charge < -0.3 is 0 Å². The molecule has 0 bridgehead atoms. The number of rotatable bonds is 4. The number of thiazole rings is 1. The Morgan fingerprint density at radius 1 is 1.28 bits per heavy atom. The summed E-state index contributed by atoms with van der Waals surface area (Å²) in [5.74, 6) is 0. The van der Waals surface area contributed by atoms with Gasteiger partial charge in [-0.25, -0.2) is 4.98 Å². The average Bonchev–Trinajstić information content (AvgIpc) is 2.72. The summed E-state index contributed by atoms with van der Waals surface area (Å²) >= 11 is 1.69. The quantitative estimate of drug-likeness (QED) is 0.458. The van der Waals surface area contributed by atoms with Crippen molar-refractivity contribution in [3.8, 4) is 10.6 Å². The highest BCUT2D eigenvalue weighted by atomic mass is 32.1. The molecule has 0 amide bonds. The Bertz CT molecular complexity index is 580. The molecule has 0 saturated carbocycles. The van der Waals surface area contributed by atoms with Gasteiger partial charge in [-0.05, 0) is 25.8 Å². The number of nitrogens with zero attached hydrogens (tertiary/aromatic N) is 4. The molecule has 0 N–H and O–H groups in total. The van der Waals surface area contributed by atoms with E-state index in [2.05, 4.69) is 53.1 Å². The molecular weight excluding hydrogens is 244 g/mol. The first kappa shape index (κ1) is 12.6. The van der Waals surface area contributed by atoms with E-state index in [1.54, 1.807) is 11.3 Å². The normalized spacial score (nSPS) is 10.1. The molecule has 0 aliphatic carbocycles. The third kappa shape index (κ3) is 2.88. The molecule has 1 heterocycles. The van der Waals surface area contributed by atoms with Crippen LogP contribution in [0.15, 0.2) is 29.4 Å². The van der Waals surface area contributed by atoms with Crippen molar-refractivity contribution < 1.29 is 0 Å². The van der Waals surface area contributed by atoms with E-state index >= 15 is 0 Å². The maximum atomic E-state index is 8.26. The molecule has 4 nitrogen and oxygen atoms in total. The lowest BCUT2D eigenvalue weighted by molar-refractivity contribution is 0.918. The van der Waals surface area contributed by atoms with E-state index in [4.69, 9.17) is 5.53 Å². The van der Waals surface area contributed by atoms with Gasteiger partial charge in [0.2, 0.25) is 0 Å². The third-order valence-electron chi connectivity index (χ3n) is 2.70. The lowest BCUT2D eigenvalue weighted by Gasteiger charge is -1.96. The topological polar surface area (TPSA) is 61.7 Å². The minimum absolute atomic E-state index is 0.467. The molecule has 0 radical (unpaired) electrons. The minimum atomic E-state index is 0.467. The van der Waals surface area contributed by atoms with E-state index in [0.717, 1.165) is 16.3 Å². The number of benzene rings is 1. The second-order valence-corrected chi connectivity index (χ2v) is 5.30. The molecule has 92 valence electrons. The summed E-state index contributed by atoms with van der Waals surface area (Å²) in [6.07, 6.45) is 0.707. The Hall–Kier alpha value is -1.84. The smallest absolute Gasteiger partial charge is 0.123 e. The van der Waals surface area contributed by atoms with Gasteiger partial charge >= 0.3 is 0 Å². The van der Waals surface area contributed by atoms with Gasteiger partial charge in [0.25, 0.3) is 0 Å². The summed E-state index contributed by atoms with van der Waals surface area (Å²) in [5.41, 5.74) is 11.7. The molecule has 5 heteroatoms. The van der Waals surface area contributed by atoms with E-state index in [0.29, 0.717) is 13.0 Å². The standard InChI is InChI=1S/C13H14N4S/c1-9-3-5-11(6-4-9)13-16-12(10(2)18-13)7-8-15-17-14/h3-6H,7-8H2,1-2H3. The molecule has 0 saturated heterocycles. The number of aryl methyl sites for hydroxylation is 2. The molecule has 0 spiro atoms. The molecule has 1 aromatic heterocycles. The van der Waals surface area contributed by atoms with Crippen molar-refractivity contribution in [2.75, 3.05) is 6.54 Å². The van der Waals surface area contributed by atoms with Crippen LogP contribution >= 0.6 is 11.3 Å². The van der Waals surface area contributed by atoms with Crippen molar-refractivity contribution in [2.24, 2.45) is 5.11 Å². The van der Waals surface area contributed by atoms with Crippen LogP contribution in [0.2, 0.25) is 0 Å². The van der Waals surface area contributed by atoms with Crippen LogP contribution in [0, 0.1) is 13.8 Å². The van der Waals surface area contributed by atoms with Crippen LogP contribution in [0.3, 0.4) is 0 Å². The molecule has 18 heavy (non-hydrogen) atoms. The van der Waals surface area contributed by atoms with E-state index in [1.165, 1.54) is 10.4 Å². The van der Waals surface area contributed by atoms with Gasteiger partial charge in [0.15, 0.2) is 0 Å². The summed E-state index contributed by atoms with van der Waals surface area (Å²) in [7, 11) is 0. The van der Waals surface area contributed by atoms with E-state index in [-0.39, 0.29) is 0 Å². The fourth-order valence-electron chi connectivity index (χ4n) is 1.68. The van der Waals surface area contributed by atoms with Crippen LogP contribution in [-0.4, -0.2) is 11.5 Å². The highest BCUT2D eigenvalue weighted by Gasteiger charge is 2.08. The summed E-state index contributed by atoms with van der Waals surface area (Å²) in [5, 5.41) is 4.58. The van der Waals surface area contributed by atoms with Crippen LogP contribution in [-0.2, 0) is 6.42 Å². The molecule has 1 aromatic carbocycles. The SMILES string of the molecule is Cc1ccc(-c2nc(CCN=[N+]=[N-])c(C)s2)cc1. The van der Waals surface area contributed by atoms with Crippen molar-refractivity contribution in [1.82, 2.24) is 4.98 Å². The van der Waals surface area contributed by atoms with Crippen molar-refractivity contribution in [3.05, 3.63) is 50.8 Å². The third-order valence-corrected chi connectivity index (χ3v) is 3.77. The largest absolute Gasteiger partial charge is 0.241 e. The summed E-state index contributed by atoms with van der Waals surface area (Å²) in [6.45, 7) is 4.59.